The monoisotopic (exact) mass is 313 g/mol. The first-order valence-electron chi connectivity index (χ1n) is 7.12. The Kier molecular flexibility index (Phi) is 5.57. The van der Waals surface area contributed by atoms with Crippen molar-refractivity contribution in [2.45, 2.75) is 6.92 Å². The molecule has 2 rings (SSSR count). The van der Waals surface area contributed by atoms with Gasteiger partial charge in [-0.25, -0.2) is 0 Å². The molecular weight excluding hydrogens is 294 g/mol. The van der Waals surface area contributed by atoms with Gasteiger partial charge in [0.2, 0.25) is 11.8 Å². The van der Waals surface area contributed by atoms with Gasteiger partial charge < -0.3 is 20.7 Å². The molecule has 2 aromatic carbocycles. The Balaban J connectivity index is 1.82. The first kappa shape index (κ1) is 16.4. The lowest BCUT2D eigenvalue weighted by atomic mass is 10.2. The third kappa shape index (κ3) is 5.35. The fourth-order valence-corrected chi connectivity index (χ4v) is 1.94. The molecule has 0 heterocycles. The highest BCUT2D eigenvalue weighted by Crippen LogP contribution is 2.15. The summed E-state index contributed by atoms with van der Waals surface area (Å²) in [6.45, 7) is 1.60. The lowest BCUT2D eigenvalue weighted by Gasteiger charge is -2.09. The van der Waals surface area contributed by atoms with Crippen molar-refractivity contribution in [3.8, 4) is 5.75 Å². The summed E-state index contributed by atoms with van der Waals surface area (Å²) in [4.78, 5) is 22.8. The number of hydrogen-bond acceptors (Lipinski definition) is 4. The van der Waals surface area contributed by atoms with Crippen LogP contribution in [0.3, 0.4) is 0 Å². The van der Waals surface area contributed by atoms with Crippen LogP contribution in [-0.2, 0) is 9.59 Å². The average molecular weight is 313 g/mol. The Labute approximate surface area is 134 Å². The van der Waals surface area contributed by atoms with Crippen LogP contribution in [0.25, 0.3) is 0 Å². The number of carbonyl (C=O) groups is 2. The van der Waals surface area contributed by atoms with E-state index in [4.69, 9.17) is 4.74 Å². The van der Waals surface area contributed by atoms with Gasteiger partial charge in [0.1, 0.15) is 5.75 Å². The SMILES string of the molecule is COc1ccc(NC(=O)CNc2ccc(NC(C)=O)cc2)cc1. The summed E-state index contributed by atoms with van der Waals surface area (Å²) in [5.41, 5.74) is 2.22. The van der Waals surface area contributed by atoms with Crippen LogP contribution in [0.2, 0.25) is 0 Å². The van der Waals surface area contributed by atoms with Crippen molar-refractivity contribution in [1.82, 2.24) is 0 Å². The van der Waals surface area contributed by atoms with Gasteiger partial charge in [-0.2, -0.15) is 0 Å². The minimum absolute atomic E-state index is 0.121. The second kappa shape index (κ2) is 7.84. The highest BCUT2D eigenvalue weighted by atomic mass is 16.5. The summed E-state index contributed by atoms with van der Waals surface area (Å²) in [6, 6.07) is 14.2. The van der Waals surface area contributed by atoms with E-state index >= 15 is 0 Å². The van der Waals surface area contributed by atoms with E-state index in [2.05, 4.69) is 16.0 Å². The van der Waals surface area contributed by atoms with Gasteiger partial charge in [-0.1, -0.05) is 0 Å². The van der Waals surface area contributed by atoms with Crippen LogP contribution in [-0.4, -0.2) is 25.5 Å². The van der Waals surface area contributed by atoms with Crippen LogP contribution in [0, 0.1) is 0 Å². The van der Waals surface area contributed by atoms with E-state index in [1.54, 1.807) is 55.6 Å². The van der Waals surface area contributed by atoms with Crippen molar-refractivity contribution < 1.29 is 14.3 Å². The molecule has 0 aliphatic carbocycles. The Morgan fingerprint density at radius 3 is 1.96 bits per heavy atom. The van der Waals surface area contributed by atoms with E-state index in [1.807, 2.05) is 0 Å². The predicted octanol–water partition coefficient (Wildman–Crippen LogP) is 2.70. The molecule has 0 aliphatic heterocycles. The fourth-order valence-electron chi connectivity index (χ4n) is 1.94. The van der Waals surface area contributed by atoms with Gasteiger partial charge in [0.05, 0.1) is 13.7 Å². The second-order valence-corrected chi connectivity index (χ2v) is 4.89. The van der Waals surface area contributed by atoms with Crippen LogP contribution in [0.1, 0.15) is 6.92 Å². The number of amides is 2. The maximum atomic E-state index is 11.9. The number of methoxy groups -OCH3 is 1. The molecule has 0 saturated carbocycles. The van der Waals surface area contributed by atoms with Crippen molar-refractivity contribution in [2.75, 3.05) is 29.6 Å². The zero-order valence-corrected chi connectivity index (χ0v) is 13.1. The summed E-state index contributed by atoms with van der Waals surface area (Å²) in [7, 11) is 1.59. The van der Waals surface area contributed by atoms with E-state index in [9.17, 15) is 9.59 Å². The van der Waals surface area contributed by atoms with Crippen LogP contribution < -0.4 is 20.7 Å². The Morgan fingerprint density at radius 2 is 1.39 bits per heavy atom. The maximum Gasteiger partial charge on any atom is 0.243 e. The minimum atomic E-state index is -0.152. The third-order valence-corrected chi connectivity index (χ3v) is 3.03. The van der Waals surface area contributed by atoms with Crippen molar-refractivity contribution in [3.05, 3.63) is 48.5 Å². The van der Waals surface area contributed by atoms with Crippen molar-refractivity contribution in [3.63, 3.8) is 0 Å². The first-order chi connectivity index (χ1) is 11.1. The number of rotatable bonds is 6. The molecule has 6 nitrogen and oxygen atoms in total. The van der Waals surface area contributed by atoms with Crippen LogP contribution in [0.4, 0.5) is 17.1 Å². The molecule has 23 heavy (non-hydrogen) atoms. The first-order valence-corrected chi connectivity index (χ1v) is 7.12. The largest absolute Gasteiger partial charge is 0.497 e. The lowest BCUT2D eigenvalue weighted by molar-refractivity contribution is -0.115. The summed E-state index contributed by atoms with van der Waals surface area (Å²) >= 11 is 0. The molecule has 2 amide bonds. The second-order valence-electron chi connectivity index (χ2n) is 4.89. The summed E-state index contributed by atoms with van der Waals surface area (Å²) in [5, 5.41) is 8.49. The maximum absolute atomic E-state index is 11.9. The summed E-state index contributed by atoms with van der Waals surface area (Å²) in [5.74, 6) is 0.464. The van der Waals surface area contributed by atoms with Gasteiger partial charge in [-0.15, -0.1) is 0 Å². The molecule has 0 bridgehead atoms. The van der Waals surface area contributed by atoms with E-state index < -0.39 is 0 Å². The molecule has 0 aromatic heterocycles. The summed E-state index contributed by atoms with van der Waals surface area (Å²) in [6.07, 6.45) is 0. The quantitative estimate of drug-likeness (QED) is 0.766. The molecule has 0 unspecified atom stereocenters. The minimum Gasteiger partial charge on any atom is -0.497 e. The molecule has 0 spiro atoms. The molecular formula is C17H19N3O3. The molecule has 0 atom stereocenters. The molecule has 6 heteroatoms. The lowest BCUT2D eigenvalue weighted by Crippen LogP contribution is -2.21. The van der Waals surface area contributed by atoms with E-state index in [-0.39, 0.29) is 18.4 Å². The van der Waals surface area contributed by atoms with Gasteiger partial charge in [0.25, 0.3) is 0 Å². The molecule has 0 aliphatic rings. The molecule has 0 saturated heterocycles. The van der Waals surface area contributed by atoms with Gasteiger partial charge in [0, 0.05) is 24.0 Å². The normalized spacial score (nSPS) is 9.83. The van der Waals surface area contributed by atoms with Crippen LogP contribution in [0.15, 0.2) is 48.5 Å². The molecule has 2 aromatic rings. The number of carbonyl (C=O) groups excluding carboxylic acids is 2. The predicted molar refractivity (Wildman–Crippen MR) is 90.9 cm³/mol. The molecule has 120 valence electrons. The van der Waals surface area contributed by atoms with Gasteiger partial charge in [0.15, 0.2) is 0 Å². The van der Waals surface area contributed by atoms with Gasteiger partial charge >= 0.3 is 0 Å². The summed E-state index contributed by atoms with van der Waals surface area (Å²) < 4.78 is 5.06. The number of nitrogens with one attached hydrogen (secondary N) is 3. The van der Waals surface area contributed by atoms with Gasteiger partial charge in [-0.05, 0) is 48.5 Å². The zero-order valence-electron chi connectivity index (χ0n) is 13.1. The van der Waals surface area contributed by atoms with Crippen molar-refractivity contribution in [1.29, 1.82) is 0 Å². The van der Waals surface area contributed by atoms with E-state index in [0.29, 0.717) is 11.4 Å². The smallest absolute Gasteiger partial charge is 0.243 e. The highest BCUT2D eigenvalue weighted by molar-refractivity contribution is 5.94. The highest BCUT2D eigenvalue weighted by Gasteiger charge is 2.03. The third-order valence-electron chi connectivity index (χ3n) is 3.03. The standard InChI is InChI=1S/C17H19N3O3/c1-12(21)19-14-5-3-13(4-6-14)18-11-17(22)20-15-7-9-16(23-2)10-8-15/h3-10,18H,11H2,1-2H3,(H,19,21)(H,20,22). The average Bonchev–Trinajstić information content (AvgIpc) is 2.54. The fraction of sp³-hybridized carbons (Fsp3) is 0.176. The Morgan fingerprint density at radius 1 is 0.870 bits per heavy atom. The molecule has 3 N–H and O–H groups in total. The van der Waals surface area contributed by atoms with Gasteiger partial charge in [-0.3, -0.25) is 9.59 Å². The number of hydrogen-bond donors (Lipinski definition) is 3. The van der Waals surface area contributed by atoms with Crippen molar-refractivity contribution in [2.24, 2.45) is 0 Å². The van der Waals surface area contributed by atoms with E-state index in [1.165, 1.54) is 6.92 Å². The Hall–Kier alpha value is -3.02. The number of ether oxygens (including phenoxy) is 1. The number of anilines is 3. The van der Waals surface area contributed by atoms with Crippen LogP contribution >= 0.6 is 0 Å². The van der Waals surface area contributed by atoms with E-state index in [0.717, 1.165) is 11.4 Å². The zero-order chi connectivity index (χ0) is 16.7. The van der Waals surface area contributed by atoms with Crippen LogP contribution in [0.5, 0.6) is 5.75 Å². The topological polar surface area (TPSA) is 79.5 Å². The van der Waals surface area contributed by atoms with Crippen molar-refractivity contribution >= 4 is 28.9 Å². The Bertz CT molecular complexity index is 666. The molecule has 0 radical (unpaired) electrons. The molecule has 0 fully saturated rings. The number of benzene rings is 2.